The van der Waals surface area contributed by atoms with Crippen LogP contribution in [0.1, 0.15) is 20.9 Å². The molecule has 0 aliphatic heterocycles. The number of thiophene rings is 1. The fraction of sp³-hybridized carbons (Fsp3) is 0.154. The molecule has 0 spiro atoms. The molecule has 2 N–H and O–H groups in total. The van der Waals surface area contributed by atoms with Crippen molar-refractivity contribution in [2.75, 3.05) is 0 Å². The van der Waals surface area contributed by atoms with Crippen LogP contribution < -0.4 is 5.32 Å². The van der Waals surface area contributed by atoms with Crippen LogP contribution in [0.4, 0.5) is 0 Å². The number of hydrogen-bond acceptors (Lipinski definition) is 4. The summed E-state index contributed by atoms with van der Waals surface area (Å²) in [6.07, 6.45) is 4.09. The standard InChI is InChI=1S/C13H13N3O3S/c1-16-10(4-6-15-16)8-14-13(19)12-9(5-7-20-12)2-3-11(17)18/h2-7H,8H2,1H3,(H,14,19)(H,17,18). The summed E-state index contributed by atoms with van der Waals surface area (Å²) in [5.41, 5.74) is 1.48. The number of aromatic nitrogens is 2. The van der Waals surface area contributed by atoms with Crippen molar-refractivity contribution in [1.82, 2.24) is 15.1 Å². The Kier molecular flexibility index (Phi) is 4.31. The van der Waals surface area contributed by atoms with Crippen molar-refractivity contribution in [3.8, 4) is 0 Å². The Balaban J connectivity index is 2.05. The number of nitrogens with zero attached hydrogens (tertiary/aromatic N) is 2. The lowest BCUT2D eigenvalue weighted by molar-refractivity contribution is -0.131. The zero-order valence-corrected chi connectivity index (χ0v) is 11.6. The normalized spacial score (nSPS) is 10.8. The molecular weight excluding hydrogens is 278 g/mol. The molecule has 20 heavy (non-hydrogen) atoms. The van der Waals surface area contributed by atoms with Crippen molar-refractivity contribution >= 4 is 29.3 Å². The molecule has 6 nitrogen and oxygen atoms in total. The molecule has 2 rings (SSSR count). The van der Waals surface area contributed by atoms with E-state index < -0.39 is 5.97 Å². The Labute approximate surface area is 119 Å². The number of aryl methyl sites for hydroxylation is 1. The number of hydrogen-bond donors (Lipinski definition) is 2. The summed E-state index contributed by atoms with van der Waals surface area (Å²) in [5, 5.41) is 17.2. The van der Waals surface area contributed by atoms with Crippen LogP contribution in [-0.4, -0.2) is 26.8 Å². The minimum atomic E-state index is -1.04. The van der Waals surface area contributed by atoms with Crippen LogP contribution in [0.3, 0.4) is 0 Å². The second-order valence-corrected chi connectivity index (χ2v) is 4.92. The molecule has 0 fully saturated rings. The first-order valence-electron chi connectivity index (χ1n) is 5.81. The van der Waals surface area contributed by atoms with E-state index in [1.807, 2.05) is 6.07 Å². The first-order chi connectivity index (χ1) is 9.58. The Morgan fingerprint density at radius 2 is 2.30 bits per heavy atom. The Morgan fingerprint density at radius 3 is 2.95 bits per heavy atom. The van der Waals surface area contributed by atoms with Crippen molar-refractivity contribution < 1.29 is 14.7 Å². The molecule has 0 saturated heterocycles. The maximum absolute atomic E-state index is 12.1. The van der Waals surface area contributed by atoms with E-state index in [1.54, 1.807) is 29.4 Å². The van der Waals surface area contributed by atoms with Crippen LogP contribution in [0.5, 0.6) is 0 Å². The SMILES string of the molecule is Cn1nccc1CNC(=O)c1sccc1C=CC(=O)O. The zero-order chi connectivity index (χ0) is 14.5. The lowest BCUT2D eigenvalue weighted by atomic mass is 10.2. The first kappa shape index (κ1) is 14.0. The van der Waals surface area contributed by atoms with Gasteiger partial charge in [0.1, 0.15) is 0 Å². The highest BCUT2D eigenvalue weighted by molar-refractivity contribution is 7.12. The van der Waals surface area contributed by atoms with Gasteiger partial charge in [0, 0.05) is 19.3 Å². The Morgan fingerprint density at radius 1 is 1.50 bits per heavy atom. The van der Waals surface area contributed by atoms with E-state index in [1.165, 1.54) is 17.4 Å². The van der Waals surface area contributed by atoms with Crippen molar-refractivity contribution in [2.45, 2.75) is 6.54 Å². The number of carboxylic acid groups (broad SMARTS) is 1. The van der Waals surface area contributed by atoms with Crippen LogP contribution in [-0.2, 0) is 18.4 Å². The summed E-state index contributed by atoms with van der Waals surface area (Å²) in [6.45, 7) is 0.370. The molecule has 0 aliphatic carbocycles. The molecule has 0 saturated carbocycles. The van der Waals surface area contributed by atoms with E-state index in [9.17, 15) is 9.59 Å². The molecule has 0 bridgehead atoms. The van der Waals surface area contributed by atoms with Crippen molar-refractivity contribution in [1.29, 1.82) is 0 Å². The van der Waals surface area contributed by atoms with Gasteiger partial charge in [-0.25, -0.2) is 4.79 Å². The molecule has 2 aromatic heterocycles. The molecule has 2 aromatic rings. The topological polar surface area (TPSA) is 84.2 Å². The van der Waals surface area contributed by atoms with Gasteiger partial charge in [-0.1, -0.05) is 0 Å². The summed E-state index contributed by atoms with van der Waals surface area (Å²) >= 11 is 1.27. The quantitative estimate of drug-likeness (QED) is 0.818. The van der Waals surface area contributed by atoms with Gasteiger partial charge >= 0.3 is 5.97 Å². The molecule has 2 heterocycles. The molecular formula is C13H13N3O3S. The number of rotatable bonds is 5. The van der Waals surface area contributed by atoms with Crippen LogP contribution in [0.15, 0.2) is 29.8 Å². The summed E-state index contributed by atoms with van der Waals surface area (Å²) in [6, 6.07) is 3.53. The summed E-state index contributed by atoms with van der Waals surface area (Å²) < 4.78 is 1.68. The molecule has 0 aromatic carbocycles. The number of nitrogens with one attached hydrogen (secondary N) is 1. The minimum Gasteiger partial charge on any atom is -0.478 e. The highest BCUT2D eigenvalue weighted by atomic mass is 32.1. The fourth-order valence-electron chi connectivity index (χ4n) is 1.62. The number of carbonyl (C=O) groups excluding carboxylic acids is 1. The van der Waals surface area contributed by atoms with Crippen molar-refractivity contribution in [3.05, 3.63) is 45.9 Å². The van der Waals surface area contributed by atoms with Crippen molar-refractivity contribution in [2.24, 2.45) is 7.05 Å². The molecule has 1 amide bonds. The largest absolute Gasteiger partial charge is 0.478 e. The fourth-order valence-corrected chi connectivity index (χ4v) is 2.42. The maximum Gasteiger partial charge on any atom is 0.328 e. The van der Waals surface area contributed by atoms with Gasteiger partial charge in [-0.2, -0.15) is 5.10 Å². The monoisotopic (exact) mass is 291 g/mol. The predicted molar refractivity (Wildman–Crippen MR) is 75.4 cm³/mol. The second-order valence-electron chi connectivity index (χ2n) is 4.01. The van der Waals surface area contributed by atoms with E-state index in [4.69, 9.17) is 5.11 Å². The van der Waals surface area contributed by atoms with Crippen molar-refractivity contribution in [3.63, 3.8) is 0 Å². The van der Waals surface area contributed by atoms with Gasteiger partial charge in [0.05, 0.1) is 17.1 Å². The Bertz CT molecular complexity index is 657. The van der Waals surface area contributed by atoms with Crippen LogP contribution in [0.2, 0.25) is 0 Å². The second kappa shape index (κ2) is 6.16. The van der Waals surface area contributed by atoms with E-state index in [0.29, 0.717) is 17.0 Å². The number of amides is 1. The van der Waals surface area contributed by atoms with Gasteiger partial charge in [0.25, 0.3) is 5.91 Å². The smallest absolute Gasteiger partial charge is 0.328 e. The van der Waals surface area contributed by atoms with Gasteiger partial charge in [-0.15, -0.1) is 11.3 Å². The maximum atomic E-state index is 12.1. The van der Waals surface area contributed by atoms with Gasteiger partial charge in [0.2, 0.25) is 0 Å². The van der Waals surface area contributed by atoms with E-state index in [2.05, 4.69) is 10.4 Å². The zero-order valence-electron chi connectivity index (χ0n) is 10.7. The summed E-state index contributed by atoms with van der Waals surface area (Å²) in [7, 11) is 1.80. The number of aliphatic carboxylic acids is 1. The average Bonchev–Trinajstić information content (AvgIpc) is 3.02. The third kappa shape index (κ3) is 3.33. The van der Waals surface area contributed by atoms with Gasteiger partial charge < -0.3 is 10.4 Å². The predicted octanol–water partition coefficient (Wildman–Crippen LogP) is 1.51. The van der Waals surface area contributed by atoms with E-state index in [-0.39, 0.29) is 5.91 Å². The molecule has 104 valence electrons. The molecule has 0 radical (unpaired) electrons. The van der Waals surface area contributed by atoms with Gasteiger partial charge in [0.15, 0.2) is 0 Å². The van der Waals surface area contributed by atoms with E-state index in [0.717, 1.165) is 11.8 Å². The highest BCUT2D eigenvalue weighted by Gasteiger charge is 2.12. The van der Waals surface area contributed by atoms with Crippen LogP contribution in [0, 0.1) is 0 Å². The highest BCUT2D eigenvalue weighted by Crippen LogP contribution is 2.18. The molecule has 7 heteroatoms. The number of carboxylic acids is 1. The lowest BCUT2D eigenvalue weighted by Crippen LogP contribution is -2.23. The molecule has 0 aliphatic rings. The third-order valence-corrected chi connectivity index (χ3v) is 3.59. The molecule has 0 unspecified atom stereocenters. The minimum absolute atomic E-state index is 0.230. The number of carbonyl (C=O) groups is 2. The Hall–Kier alpha value is -2.41. The van der Waals surface area contributed by atoms with Crippen LogP contribution >= 0.6 is 11.3 Å². The van der Waals surface area contributed by atoms with Crippen LogP contribution in [0.25, 0.3) is 6.08 Å². The molecule has 0 atom stereocenters. The average molecular weight is 291 g/mol. The van der Waals surface area contributed by atoms with Gasteiger partial charge in [-0.3, -0.25) is 9.48 Å². The van der Waals surface area contributed by atoms with Gasteiger partial charge in [-0.05, 0) is 29.2 Å². The summed E-state index contributed by atoms with van der Waals surface area (Å²) in [4.78, 5) is 23.1. The summed E-state index contributed by atoms with van der Waals surface area (Å²) in [5.74, 6) is -1.27. The van der Waals surface area contributed by atoms with E-state index >= 15 is 0 Å². The lowest BCUT2D eigenvalue weighted by Gasteiger charge is -2.05. The first-order valence-corrected chi connectivity index (χ1v) is 6.69. The third-order valence-electron chi connectivity index (χ3n) is 2.66.